The molecule has 0 N–H and O–H groups in total. The van der Waals surface area contributed by atoms with E-state index >= 15 is 0 Å². The topological polar surface area (TPSA) is 104 Å². The van der Waals surface area contributed by atoms with Crippen molar-refractivity contribution < 1.29 is 8.83 Å². The zero-order chi connectivity index (χ0) is 72.7. The third-order valence-electron chi connectivity index (χ3n) is 23.9. The summed E-state index contributed by atoms with van der Waals surface area (Å²) in [5.41, 5.74) is 30.2. The molecule has 22 rings (SSSR count). The maximum atomic E-state index is 6.42. The van der Waals surface area contributed by atoms with Crippen LogP contribution in [0, 0.1) is 0 Å². The summed E-state index contributed by atoms with van der Waals surface area (Å²) in [6.45, 7) is 0. The third kappa shape index (κ3) is 11.3. The largest absolute Gasteiger partial charge is 0.456 e. The summed E-state index contributed by atoms with van der Waals surface area (Å²) in [5.74, 6) is 3.67. The fourth-order valence-corrected chi connectivity index (χ4v) is 18.6. The van der Waals surface area contributed by atoms with Gasteiger partial charge >= 0.3 is 0 Å². The van der Waals surface area contributed by atoms with E-state index in [1.54, 1.807) is 0 Å². The van der Waals surface area contributed by atoms with Crippen molar-refractivity contribution in [3.63, 3.8) is 0 Å². The van der Waals surface area contributed by atoms with Crippen LogP contribution in [0.1, 0.15) is 86.5 Å². The van der Waals surface area contributed by atoms with Gasteiger partial charge in [-0.25, -0.2) is 29.9 Å². The average Bonchev–Trinajstić information content (AvgIpc) is 1.57. The summed E-state index contributed by atoms with van der Waals surface area (Å²) in [7, 11) is 0. The maximum Gasteiger partial charge on any atom is 0.167 e. The lowest BCUT2D eigenvalue weighted by Gasteiger charge is -2.36. The first kappa shape index (κ1) is 65.0. The van der Waals surface area contributed by atoms with E-state index in [9.17, 15) is 0 Å². The minimum atomic E-state index is 0.166. The predicted molar refractivity (Wildman–Crippen MR) is 447 cm³/mol. The van der Waals surface area contributed by atoms with E-state index in [-0.39, 0.29) is 10.8 Å². The van der Waals surface area contributed by atoms with E-state index < -0.39 is 0 Å². The molecule has 0 saturated heterocycles. The molecule has 524 valence electrons. The van der Waals surface area contributed by atoms with Gasteiger partial charge in [0.05, 0.1) is 5.56 Å². The molecule has 2 spiro atoms. The van der Waals surface area contributed by atoms with Crippen LogP contribution in [0.15, 0.2) is 336 Å². The van der Waals surface area contributed by atoms with Crippen LogP contribution >= 0.6 is 0 Å². The lowest BCUT2D eigenvalue weighted by atomic mass is 9.68. The van der Waals surface area contributed by atoms with E-state index in [0.29, 0.717) is 34.9 Å². The van der Waals surface area contributed by atoms with Gasteiger partial charge in [-0.05, 0) is 181 Å². The van der Waals surface area contributed by atoms with E-state index in [1.807, 2.05) is 115 Å². The molecule has 4 aliphatic carbocycles. The van der Waals surface area contributed by atoms with Crippen LogP contribution in [-0.4, -0.2) is 29.9 Å². The highest BCUT2D eigenvalue weighted by molar-refractivity contribution is 6.09. The van der Waals surface area contributed by atoms with Gasteiger partial charge in [-0.2, -0.15) is 0 Å². The molecule has 4 aliphatic rings. The standard InChI is InChI=1S/2C51H37N3O/c1-3-14-33(15-4-1)48-52-49(54-50(53-48)42-23-13-22-41-40-21-6-8-25-46(40)55-47(41)42)38-19-12-18-36(31-38)34-16-11-17-35(30-34)37-26-27-45-43(32-37)39-20-5-7-24-44(39)51(45)28-9-2-10-29-51;1-3-13-33(14-4-1)48-52-49(54-50(53-48)39-23-25-42-41-20-6-8-22-46(41)55-47(42)32-39)38-18-12-17-36(30-38)34-15-11-16-35(29-34)37-24-26-45-43(31-37)40-19-5-7-21-44(40)51(45)27-9-2-10-28-51/h1,3-8,11-27,30-32H,2,9-10,28-29H2;1,3-8,11-26,29-32H,2,9-10,27-28H2. The summed E-state index contributed by atoms with van der Waals surface area (Å²) in [5, 5.41) is 4.29. The van der Waals surface area contributed by atoms with Gasteiger partial charge in [-0.3, -0.25) is 0 Å². The van der Waals surface area contributed by atoms with Crippen LogP contribution in [0.4, 0.5) is 0 Å². The minimum Gasteiger partial charge on any atom is -0.456 e. The number of hydrogen-bond acceptors (Lipinski definition) is 8. The lowest BCUT2D eigenvalue weighted by molar-refractivity contribution is 0.353. The second-order valence-electron chi connectivity index (χ2n) is 30.2. The van der Waals surface area contributed by atoms with Gasteiger partial charge < -0.3 is 8.83 Å². The van der Waals surface area contributed by atoms with Crippen LogP contribution in [0.3, 0.4) is 0 Å². The smallest absolute Gasteiger partial charge is 0.167 e. The van der Waals surface area contributed by atoms with E-state index in [2.05, 4.69) is 212 Å². The third-order valence-corrected chi connectivity index (χ3v) is 23.9. The van der Waals surface area contributed by atoms with Gasteiger partial charge in [0.1, 0.15) is 22.3 Å². The summed E-state index contributed by atoms with van der Waals surface area (Å²) in [6, 6.07) is 116. The van der Waals surface area contributed by atoms with Crippen molar-refractivity contribution in [2.24, 2.45) is 0 Å². The van der Waals surface area contributed by atoms with Crippen LogP contribution in [0.25, 0.3) is 179 Å². The highest BCUT2D eigenvalue weighted by atomic mass is 16.3. The van der Waals surface area contributed by atoms with Crippen molar-refractivity contribution in [1.82, 2.24) is 29.9 Å². The van der Waals surface area contributed by atoms with Crippen molar-refractivity contribution in [3.05, 3.63) is 350 Å². The fraction of sp³-hybridized carbons (Fsp3) is 0.118. The molecule has 0 aliphatic heterocycles. The second kappa shape index (κ2) is 26.9. The van der Waals surface area contributed by atoms with Gasteiger partial charge in [0.2, 0.25) is 0 Å². The normalized spacial score (nSPS) is 14.3. The van der Waals surface area contributed by atoms with Crippen molar-refractivity contribution >= 4 is 43.9 Å². The molecule has 4 aromatic heterocycles. The van der Waals surface area contributed by atoms with E-state index in [0.717, 1.165) is 99.5 Å². The molecule has 18 aromatic rings. The molecular weight excluding hydrogens is 1340 g/mol. The Bertz CT molecular complexity index is 6640. The quantitative estimate of drug-likeness (QED) is 0.133. The average molecular weight is 1420 g/mol. The monoisotopic (exact) mass is 1410 g/mol. The first-order valence-electron chi connectivity index (χ1n) is 38.8. The molecule has 4 heterocycles. The van der Waals surface area contributed by atoms with Crippen LogP contribution in [-0.2, 0) is 10.8 Å². The number of para-hydroxylation sites is 3. The van der Waals surface area contributed by atoms with Crippen LogP contribution < -0.4 is 0 Å². The number of furan rings is 2. The number of aromatic nitrogens is 6. The van der Waals surface area contributed by atoms with Gasteiger partial charge in [-0.15, -0.1) is 0 Å². The first-order chi connectivity index (χ1) is 54.4. The summed E-state index contributed by atoms with van der Waals surface area (Å²) in [6.07, 6.45) is 12.9. The molecule has 110 heavy (non-hydrogen) atoms. The Morgan fingerprint density at radius 3 is 1.00 bits per heavy atom. The summed E-state index contributed by atoms with van der Waals surface area (Å²) < 4.78 is 12.7. The Morgan fingerprint density at radius 2 is 0.509 bits per heavy atom. The van der Waals surface area contributed by atoms with E-state index in [4.69, 9.17) is 38.7 Å². The molecular formula is C102H74N6O2. The van der Waals surface area contributed by atoms with Gasteiger partial charge in [-0.1, -0.05) is 299 Å². The Morgan fingerprint density at radius 1 is 0.191 bits per heavy atom. The fourth-order valence-electron chi connectivity index (χ4n) is 18.6. The SMILES string of the molecule is c1ccc(-c2nc(-c3cccc(-c4cccc(-c5ccc6c(c5)-c5ccccc5C65CCCCC5)c4)c3)nc(-c3ccc4c(c3)oc3ccccc34)n2)cc1.c1ccc(-c2nc(-c3cccc(-c4cccc(-c5ccc6c(c5)-c5ccccc5C65CCCCC5)c4)c3)nc(-c3cccc4c3oc3ccccc34)n2)cc1. The van der Waals surface area contributed by atoms with Crippen LogP contribution in [0.5, 0.6) is 0 Å². The number of rotatable bonds is 10. The zero-order valence-corrected chi connectivity index (χ0v) is 60.7. The highest BCUT2D eigenvalue weighted by Crippen LogP contribution is 2.58. The molecule has 0 amide bonds. The van der Waals surface area contributed by atoms with Crippen molar-refractivity contribution in [3.8, 4) is 135 Å². The molecule has 0 bridgehead atoms. The number of fused-ring (bicyclic) bond motifs is 16. The number of benzene rings is 14. The highest BCUT2D eigenvalue weighted by Gasteiger charge is 2.45. The summed E-state index contributed by atoms with van der Waals surface area (Å²) >= 11 is 0. The first-order valence-corrected chi connectivity index (χ1v) is 38.8. The molecule has 14 aromatic carbocycles. The molecule has 2 saturated carbocycles. The van der Waals surface area contributed by atoms with Gasteiger partial charge in [0.25, 0.3) is 0 Å². The predicted octanol–water partition coefficient (Wildman–Crippen LogP) is 26.7. The number of nitrogens with zero attached hydrogens (tertiary/aromatic N) is 6. The Hall–Kier alpha value is -13.3. The molecule has 0 radical (unpaired) electrons. The Labute approximate surface area is 638 Å². The molecule has 8 nitrogen and oxygen atoms in total. The van der Waals surface area contributed by atoms with Gasteiger partial charge in [0.15, 0.2) is 34.9 Å². The Kier molecular flexibility index (Phi) is 15.9. The minimum absolute atomic E-state index is 0.166. The van der Waals surface area contributed by atoms with E-state index in [1.165, 1.54) is 131 Å². The molecule has 8 heteroatoms. The van der Waals surface area contributed by atoms with Crippen LogP contribution in [0.2, 0.25) is 0 Å². The van der Waals surface area contributed by atoms with Gasteiger partial charge in [0, 0.05) is 60.2 Å². The summed E-state index contributed by atoms with van der Waals surface area (Å²) in [4.78, 5) is 30.3. The Balaban J connectivity index is 0.000000140. The number of hydrogen-bond donors (Lipinski definition) is 0. The maximum absolute atomic E-state index is 6.42. The van der Waals surface area contributed by atoms with Crippen molar-refractivity contribution in [2.75, 3.05) is 0 Å². The zero-order valence-electron chi connectivity index (χ0n) is 60.7. The lowest BCUT2D eigenvalue weighted by Crippen LogP contribution is -2.27. The molecule has 0 atom stereocenters. The second-order valence-corrected chi connectivity index (χ2v) is 30.2. The molecule has 0 unspecified atom stereocenters. The van der Waals surface area contributed by atoms with Crippen molar-refractivity contribution in [1.29, 1.82) is 0 Å². The van der Waals surface area contributed by atoms with Crippen molar-refractivity contribution in [2.45, 2.75) is 75.0 Å². The molecule has 2 fully saturated rings.